The molecule has 0 saturated carbocycles. The Morgan fingerprint density at radius 2 is 1.92 bits per heavy atom. The van der Waals surface area contributed by atoms with E-state index in [0.717, 1.165) is 4.47 Å². The largest absolute Gasteiger partial charge is 0.545 e. The zero-order chi connectivity index (χ0) is 18.4. The number of hydrogen-bond donors (Lipinski definition) is 1. The Balaban J connectivity index is 2.25. The van der Waals surface area contributed by atoms with Crippen molar-refractivity contribution in [2.24, 2.45) is 0 Å². The molecule has 2 aromatic carbocycles. The Hall–Kier alpha value is -3.11. The van der Waals surface area contributed by atoms with Gasteiger partial charge in [-0.2, -0.15) is 5.26 Å². The van der Waals surface area contributed by atoms with Gasteiger partial charge in [0, 0.05) is 15.7 Å². The van der Waals surface area contributed by atoms with Gasteiger partial charge in [0.25, 0.3) is 5.91 Å². The summed E-state index contributed by atoms with van der Waals surface area (Å²) in [6, 6.07) is 12.5. The van der Waals surface area contributed by atoms with Crippen molar-refractivity contribution in [2.75, 3.05) is 12.4 Å². The van der Waals surface area contributed by atoms with E-state index in [2.05, 4.69) is 21.2 Å². The number of carbonyl (C=O) groups is 2. The first-order valence-corrected chi connectivity index (χ1v) is 7.82. The van der Waals surface area contributed by atoms with Gasteiger partial charge in [0.2, 0.25) is 0 Å². The number of nitriles is 1. The Morgan fingerprint density at radius 3 is 2.48 bits per heavy atom. The van der Waals surface area contributed by atoms with Crippen molar-refractivity contribution >= 4 is 39.6 Å². The minimum Gasteiger partial charge on any atom is -0.545 e. The third kappa shape index (κ3) is 4.68. The van der Waals surface area contributed by atoms with Crippen LogP contribution in [0.1, 0.15) is 15.9 Å². The minimum atomic E-state index is -1.31. The molecule has 0 aliphatic carbocycles. The number of nitrogens with zero attached hydrogens (tertiary/aromatic N) is 1. The van der Waals surface area contributed by atoms with Crippen LogP contribution in [0.25, 0.3) is 6.08 Å². The quantitative estimate of drug-likeness (QED) is 0.613. The van der Waals surface area contributed by atoms with Gasteiger partial charge < -0.3 is 20.0 Å². The van der Waals surface area contributed by atoms with Gasteiger partial charge >= 0.3 is 0 Å². The Labute approximate surface area is 152 Å². The predicted molar refractivity (Wildman–Crippen MR) is 93.7 cm³/mol. The topological polar surface area (TPSA) is 102 Å². The first kappa shape index (κ1) is 18.2. The molecule has 2 rings (SSSR count). The van der Waals surface area contributed by atoms with Crippen LogP contribution in [0.5, 0.6) is 5.75 Å². The number of carbonyl (C=O) groups excluding carboxylic acids is 2. The van der Waals surface area contributed by atoms with E-state index in [0.29, 0.717) is 17.0 Å². The molecule has 0 unspecified atom stereocenters. The molecule has 2 aromatic rings. The number of nitrogens with one attached hydrogen (secondary N) is 1. The van der Waals surface area contributed by atoms with Crippen LogP contribution in [-0.4, -0.2) is 19.0 Å². The molecular formula is C18H12BrN2O4-. The maximum Gasteiger partial charge on any atom is 0.266 e. The number of aromatic carboxylic acids is 1. The Bertz CT molecular complexity index is 883. The van der Waals surface area contributed by atoms with Crippen molar-refractivity contribution in [3.8, 4) is 11.8 Å². The minimum absolute atomic E-state index is 0.00656. The molecule has 0 bridgehead atoms. The lowest BCUT2D eigenvalue weighted by Gasteiger charge is -2.08. The molecule has 0 fully saturated rings. The zero-order valence-corrected chi connectivity index (χ0v) is 14.7. The second kappa shape index (κ2) is 8.13. The molecule has 0 radical (unpaired) electrons. The van der Waals surface area contributed by atoms with Crippen LogP contribution in [-0.2, 0) is 4.79 Å². The summed E-state index contributed by atoms with van der Waals surface area (Å²) in [6.07, 6.45) is 1.41. The molecule has 0 saturated heterocycles. The molecular weight excluding hydrogens is 388 g/mol. The highest BCUT2D eigenvalue weighted by Crippen LogP contribution is 2.25. The molecule has 25 heavy (non-hydrogen) atoms. The van der Waals surface area contributed by atoms with Gasteiger partial charge in [-0.3, -0.25) is 4.79 Å². The van der Waals surface area contributed by atoms with Crippen LogP contribution in [0, 0.1) is 11.3 Å². The maximum absolute atomic E-state index is 12.3. The number of halogens is 1. The lowest BCUT2D eigenvalue weighted by atomic mass is 10.1. The number of rotatable bonds is 5. The predicted octanol–water partition coefficient (Wildman–Crippen LogP) is 2.37. The smallest absolute Gasteiger partial charge is 0.266 e. The van der Waals surface area contributed by atoms with Crippen molar-refractivity contribution in [3.63, 3.8) is 0 Å². The molecule has 1 amide bonds. The number of anilines is 1. The number of benzene rings is 2. The van der Waals surface area contributed by atoms with E-state index in [1.165, 1.54) is 37.5 Å². The summed E-state index contributed by atoms with van der Waals surface area (Å²) in [4.78, 5) is 23.0. The van der Waals surface area contributed by atoms with Gasteiger partial charge in [-0.1, -0.05) is 28.1 Å². The second-order valence-electron chi connectivity index (χ2n) is 4.88. The Kier molecular flexibility index (Phi) is 5.93. The summed E-state index contributed by atoms with van der Waals surface area (Å²) >= 11 is 3.33. The summed E-state index contributed by atoms with van der Waals surface area (Å²) < 4.78 is 5.98. The molecule has 6 nitrogen and oxygen atoms in total. The number of ether oxygens (including phenoxy) is 1. The third-order valence-corrected chi connectivity index (χ3v) is 3.73. The van der Waals surface area contributed by atoms with Crippen molar-refractivity contribution in [3.05, 3.63) is 63.6 Å². The van der Waals surface area contributed by atoms with Crippen molar-refractivity contribution in [1.29, 1.82) is 5.26 Å². The highest BCUT2D eigenvalue weighted by molar-refractivity contribution is 9.10. The number of methoxy groups -OCH3 is 1. The average Bonchev–Trinajstić information content (AvgIpc) is 2.60. The first-order valence-electron chi connectivity index (χ1n) is 7.02. The maximum atomic E-state index is 12.3. The van der Waals surface area contributed by atoms with Crippen molar-refractivity contribution in [2.45, 2.75) is 0 Å². The fraction of sp³-hybridized carbons (Fsp3) is 0.0556. The normalized spacial score (nSPS) is 10.7. The van der Waals surface area contributed by atoms with Gasteiger partial charge in [0.05, 0.1) is 13.1 Å². The van der Waals surface area contributed by atoms with Crippen LogP contribution in [0.15, 0.2) is 52.5 Å². The number of amides is 1. The van der Waals surface area contributed by atoms with E-state index in [-0.39, 0.29) is 11.1 Å². The van der Waals surface area contributed by atoms with Crippen molar-refractivity contribution < 1.29 is 19.4 Å². The lowest BCUT2D eigenvalue weighted by molar-refractivity contribution is -0.255. The fourth-order valence-corrected chi connectivity index (χ4v) is 2.39. The highest BCUT2D eigenvalue weighted by atomic mass is 79.9. The lowest BCUT2D eigenvalue weighted by Crippen LogP contribution is -2.22. The van der Waals surface area contributed by atoms with Gasteiger partial charge in [-0.05, 0) is 42.0 Å². The van der Waals surface area contributed by atoms with E-state index in [1.54, 1.807) is 18.2 Å². The van der Waals surface area contributed by atoms with Crippen LogP contribution in [0.3, 0.4) is 0 Å². The molecule has 0 aliphatic heterocycles. The summed E-state index contributed by atoms with van der Waals surface area (Å²) in [7, 11) is 1.49. The third-order valence-electron chi connectivity index (χ3n) is 3.24. The summed E-state index contributed by atoms with van der Waals surface area (Å²) in [5.74, 6) is -1.41. The van der Waals surface area contributed by atoms with E-state index < -0.39 is 11.9 Å². The molecule has 0 spiro atoms. The van der Waals surface area contributed by atoms with Crippen LogP contribution < -0.4 is 15.2 Å². The molecule has 126 valence electrons. The fourth-order valence-electron chi connectivity index (χ4n) is 2.01. The van der Waals surface area contributed by atoms with E-state index in [1.807, 2.05) is 6.07 Å². The van der Waals surface area contributed by atoms with E-state index >= 15 is 0 Å². The summed E-state index contributed by atoms with van der Waals surface area (Å²) in [5, 5.41) is 22.5. The van der Waals surface area contributed by atoms with Gasteiger partial charge in [0.15, 0.2) is 0 Å². The molecule has 0 aromatic heterocycles. The zero-order valence-electron chi connectivity index (χ0n) is 13.1. The first-order chi connectivity index (χ1) is 11.9. The Morgan fingerprint density at radius 1 is 1.24 bits per heavy atom. The second-order valence-corrected chi connectivity index (χ2v) is 5.79. The average molecular weight is 400 g/mol. The number of hydrogen-bond acceptors (Lipinski definition) is 5. The standard InChI is InChI=1S/C18H13BrN2O4/c1-25-16-7-4-14(19)9-12(16)8-13(10-20)17(22)21-15-5-2-11(3-6-15)18(23)24/h2-9H,1H3,(H,21,22)(H,23,24)/p-1/b13-8+. The summed E-state index contributed by atoms with van der Waals surface area (Å²) in [5.41, 5.74) is 0.793. The molecule has 0 heterocycles. The van der Waals surface area contributed by atoms with E-state index in [4.69, 9.17) is 4.74 Å². The van der Waals surface area contributed by atoms with Gasteiger partial charge in [0.1, 0.15) is 17.4 Å². The van der Waals surface area contributed by atoms with Gasteiger partial charge in [-0.25, -0.2) is 0 Å². The monoisotopic (exact) mass is 399 g/mol. The van der Waals surface area contributed by atoms with Crippen LogP contribution in [0.2, 0.25) is 0 Å². The number of carboxylic acids is 1. The molecule has 0 atom stereocenters. The van der Waals surface area contributed by atoms with Crippen molar-refractivity contribution in [1.82, 2.24) is 0 Å². The molecule has 0 aliphatic rings. The summed E-state index contributed by atoms with van der Waals surface area (Å²) in [6.45, 7) is 0. The molecule has 1 N–H and O–H groups in total. The molecule has 7 heteroatoms. The van der Waals surface area contributed by atoms with Crippen LogP contribution in [0.4, 0.5) is 5.69 Å². The SMILES string of the molecule is COc1ccc(Br)cc1/C=C(\C#N)C(=O)Nc1ccc(C(=O)[O-])cc1. The highest BCUT2D eigenvalue weighted by Gasteiger charge is 2.11. The van der Waals surface area contributed by atoms with E-state index in [9.17, 15) is 20.0 Å². The number of carboxylic acid groups (broad SMARTS) is 1. The van der Waals surface area contributed by atoms with Gasteiger partial charge in [-0.15, -0.1) is 0 Å². The van der Waals surface area contributed by atoms with Crippen LogP contribution >= 0.6 is 15.9 Å².